The second-order valence-electron chi connectivity index (χ2n) is 6.56. The highest BCUT2D eigenvalue weighted by molar-refractivity contribution is 6.12. The summed E-state index contributed by atoms with van der Waals surface area (Å²) in [5.41, 5.74) is 1.21. The van der Waals surface area contributed by atoms with Crippen LogP contribution in [-0.2, 0) is 14.3 Å². The van der Waals surface area contributed by atoms with Gasteiger partial charge in [-0.05, 0) is 55.0 Å². The number of ether oxygens (including phenoxy) is 3. The molecule has 0 amide bonds. The summed E-state index contributed by atoms with van der Waals surface area (Å²) < 4.78 is 29.2. The number of carbonyl (C=O) groups is 2. The lowest BCUT2D eigenvalue weighted by Crippen LogP contribution is -2.15. The molecule has 1 heterocycles. The van der Waals surface area contributed by atoms with Crippen LogP contribution in [0.2, 0.25) is 0 Å². The average molecular weight is 397 g/mol. The van der Waals surface area contributed by atoms with E-state index < -0.39 is 11.8 Å². The molecule has 1 aliphatic rings. The van der Waals surface area contributed by atoms with Crippen molar-refractivity contribution >= 4 is 23.9 Å². The molecule has 0 saturated carbocycles. The van der Waals surface area contributed by atoms with Gasteiger partial charge in [0.25, 0.3) is 0 Å². The maximum Gasteiger partial charge on any atom is 0.363 e. The maximum absolute atomic E-state index is 13.1. The molecule has 0 atom stereocenters. The fourth-order valence-corrected chi connectivity index (χ4v) is 2.48. The third kappa shape index (κ3) is 4.87. The molecule has 0 spiro atoms. The van der Waals surface area contributed by atoms with Gasteiger partial charge in [0.05, 0.1) is 12.5 Å². The maximum atomic E-state index is 13.1. The zero-order chi connectivity index (χ0) is 21.0. The Kier molecular flexibility index (Phi) is 6.07. The molecular weight excluding hydrogens is 377 g/mol. The van der Waals surface area contributed by atoms with Crippen LogP contribution in [0.1, 0.15) is 31.9 Å². The molecule has 0 aliphatic carbocycles. The van der Waals surface area contributed by atoms with Gasteiger partial charge >= 0.3 is 11.9 Å². The summed E-state index contributed by atoms with van der Waals surface area (Å²) in [7, 11) is 0. The number of aliphatic imine (C=N–C) groups is 1. The van der Waals surface area contributed by atoms with Gasteiger partial charge in [-0.2, -0.15) is 0 Å². The first-order valence-electron chi connectivity index (χ1n) is 9.14. The standard InChI is InChI=1S/C22H20FNO5/c1-4-27-19-12-14(5-10-18(19)28-21(25)13(2)3)11-17-22(26)29-20(24-17)15-6-8-16(23)9-7-15/h5-13H,4H2,1-3H3/b17-11+. The van der Waals surface area contributed by atoms with Gasteiger partial charge in [0.1, 0.15) is 5.82 Å². The van der Waals surface area contributed by atoms with Gasteiger partial charge in [-0.25, -0.2) is 14.2 Å². The Morgan fingerprint density at radius 2 is 1.90 bits per heavy atom. The van der Waals surface area contributed by atoms with Gasteiger partial charge in [0, 0.05) is 5.56 Å². The highest BCUT2D eigenvalue weighted by Crippen LogP contribution is 2.31. The molecule has 3 rings (SSSR count). The van der Waals surface area contributed by atoms with E-state index in [0.717, 1.165) is 0 Å². The van der Waals surface area contributed by atoms with Crippen molar-refractivity contribution in [2.75, 3.05) is 6.61 Å². The van der Waals surface area contributed by atoms with Gasteiger partial charge in [-0.3, -0.25) is 4.79 Å². The Bertz CT molecular complexity index is 993. The van der Waals surface area contributed by atoms with E-state index in [9.17, 15) is 14.0 Å². The van der Waals surface area contributed by atoms with Crippen LogP contribution in [0.4, 0.5) is 4.39 Å². The van der Waals surface area contributed by atoms with Crippen molar-refractivity contribution in [3.8, 4) is 11.5 Å². The summed E-state index contributed by atoms with van der Waals surface area (Å²) in [5, 5.41) is 0. The van der Waals surface area contributed by atoms with Crippen molar-refractivity contribution < 1.29 is 28.2 Å². The van der Waals surface area contributed by atoms with E-state index in [2.05, 4.69) is 4.99 Å². The predicted molar refractivity (Wildman–Crippen MR) is 105 cm³/mol. The highest BCUT2D eigenvalue weighted by Gasteiger charge is 2.24. The number of cyclic esters (lactones) is 1. The smallest absolute Gasteiger partial charge is 0.363 e. The van der Waals surface area contributed by atoms with Crippen LogP contribution in [0, 0.1) is 11.7 Å². The van der Waals surface area contributed by atoms with E-state index in [1.54, 1.807) is 32.0 Å². The van der Waals surface area contributed by atoms with Gasteiger partial charge < -0.3 is 14.2 Å². The number of nitrogens with zero attached hydrogens (tertiary/aromatic N) is 1. The van der Waals surface area contributed by atoms with Gasteiger partial charge in [0.2, 0.25) is 5.90 Å². The average Bonchev–Trinajstić information content (AvgIpc) is 3.05. The van der Waals surface area contributed by atoms with Crippen LogP contribution in [0.3, 0.4) is 0 Å². The number of halogens is 1. The number of carbonyl (C=O) groups excluding carboxylic acids is 2. The number of hydrogen-bond acceptors (Lipinski definition) is 6. The van der Waals surface area contributed by atoms with Gasteiger partial charge in [0.15, 0.2) is 17.2 Å². The lowest BCUT2D eigenvalue weighted by atomic mass is 10.1. The van der Waals surface area contributed by atoms with E-state index in [-0.39, 0.29) is 23.5 Å². The molecule has 150 valence electrons. The number of benzene rings is 2. The minimum atomic E-state index is -0.613. The zero-order valence-corrected chi connectivity index (χ0v) is 16.3. The van der Waals surface area contributed by atoms with Gasteiger partial charge in [-0.15, -0.1) is 0 Å². The third-order valence-electron chi connectivity index (χ3n) is 3.96. The molecule has 0 radical (unpaired) electrons. The number of rotatable bonds is 6. The van der Waals surface area contributed by atoms with E-state index in [4.69, 9.17) is 14.2 Å². The first kappa shape index (κ1) is 20.3. The first-order valence-corrected chi connectivity index (χ1v) is 9.14. The Morgan fingerprint density at radius 1 is 1.17 bits per heavy atom. The molecule has 29 heavy (non-hydrogen) atoms. The lowest BCUT2D eigenvalue weighted by Gasteiger charge is -2.12. The summed E-state index contributed by atoms with van der Waals surface area (Å²) in [6.07, 6.45) is 1.54. The monoisotopic (exact) mass is 397 g/mol. The molecule has 0 unspecified atom stereocenters. The Balaban J connectivity index is 1.88. The SMILES string of the molecule is CCOc1cc(/C=C2/N=C(c3ccc(F)cc3)OC2=O)ccc1OC(=O)C(C)C. The molecule has 6 nitrogen and oxygen atoms in total. The zero-order valence-electron chi connectivity index (χ0n) is 16.3. The van der Waals surface area contributed by atoms with E-state index in [1.165, 1.54) is 30.3 Å². The van der Waals surface area contributed by atoms with Crippen LogP contribution < -0.4 is 9.47 Å². The molecule has 0 aromatic heterocycles. The molecule has 0 saturated heterocycles. The first-order chi connectivity index (χ1) is 13.9. The van der Waals surface area contributed by atoms with Crippen LogP contribution in [0.25, 0.3) is 6.08 Å². The molecule has 0 bridgehead atoms. The van der Waals surface area contributed by atoms with Gasteiger partial charge in [-0.1, -0.05) is 19.9 Å². The Labute approximate surface area is 167 Å². The Morgan fingerprint density at radius 3 is 2.55 bits per heavy atom. The van der Waals surface area contributed by atoms with Crippen LogP contribution in [0.15, 0.2) is 53.2 Å². The van der Waals surface area contributed by atoms with Crippen molar-refractivity contribution in [2.24, 2.45) is 10.9 Å². The summed E-state index contributed by atoms with van der Waals surface area (Å²) in [5.74, 6) is -0.867. The van der Waals surface area contributed by atoms with E-state index in [0.29, 0.717) is 29.2 Å². The van der Waals surface area contributed by atoms with Crippen LogP contribution in [-0.4, -0.2) is 24.4 Å². The highest BCUT2D eigenvalue weighted by atomic mass is 19.1. The van der Waals surface area contributed by atoms with Crippen molar-refractivity contribution in [1.82, 2.24) is 0 Å². The fourth-order valence-electron chi connectivity index (χ4n) is 2.48. The number of hydrogen-bond donors (Lipinski definition) is 0. The molecule has 0 fully saturated rings. The molecule has 2 aromatic carbocycles. The van der Waals surface area contributed by atoms with Crippen molar-refractivity contribution in [2.45, 2.75) is 20.8 Å². The van der Waals surface area contributed by atoms with Crippen molar-refractivity contribution in [1.29, 1.82) is 0 Å². The van der Waals surface area contributed by atoms with Crippen LogP contribution >= 0.6 is 0 Å². The number of esters is 2. The second-order valence-corrected chi connectivity index (χ2v) is 6.56. The van der Waals surface area contributed by atoms with Crippen molar-refractivity contribution in [3.63, 3.8) is 0 Å². The lowest BCUT2D eigenvalue weighted by molar-refractivity contribution is -0.138. The largest absolute Gasteiger partial charge is 0.490 e. The summed E-state index contributed by atoms with van der Waals surface area (Å²) in [6, 6.07) is 10.4. The molecule has 0 N–H and O–H groups in total. The molecular formula is C22H20FNO5. The molecule has 2 aromatic rings. The molecule has 7 heteroatoms. The summed E-state index contributed by atoms with van der Waals surface area (Å²) >= 11 is 0. The summed E-state index contributed by atoms with van der Waals surface area (Å²) in [4.78, 5) is 28.2. The van der Waals surface area contributed by atoms with Crippen molar-refractivity contribution in [3.05, 3.63) is 65.1 Å². The Hall–Kier alpha value is -3.48. The predicted octanol–water partition coefficient (Wildman–Crippen LogP) is 4.13. The normalized spacial score (nSPS) is 14.7. The summed E-state index contributed by atoms with van der Waals surface area (Å²) in [6.45, 7) is 5.67. The van der Waals surface area contributed by atoms with E-state index in [1.807, 2.05) is 6.92 Å². The fraction of sp³-hybridized carbons (Fsp3) is 0.227. The molecule has 1 aliphatic heterocycles. The minimum absolute atomic E-state index is 0.0960. The van der Waals surface area contributed by atoms with E-state index >= 15 is 0 Å². The quantitative estimate of drug-likeness (QED) is 0.416. The topological polar surface area (TPSA) is 74.2 Å². The second kappa shape index (κ2) is 8.68. The minimum Gasteiger partial charge on any atom is -0.490 e. The van der Waals surface area contributed by atoms with Crippen LogP contribution in [0.5, 0.6) is 11.5 Å². The third-order valence-corrected chi connectivity index (χ3v) is 3.96.